The number of hydrogen-bond donors (Lipinski definition) is 5. The molecule has 92 valence electrons. The van der Waals surface area contributed by atoms with E-state index in [4.69, 9.17) is 14.9 Å². The number of hydrogen-bond acceptors (Lipinski definition) is 6. The molecule has 0 heterocycles. The Labute approximate surface area is 89.5 Å². The Kier molecular flexibility index (Phi) is 8.88. The van der Waals surface area contributed by atoms with Gasteiger partial charge in [0.1, 0.15) is 6.10 Å². The number of methoxy groups -OCH3 is 1. The zero-order valence-electron chi connectivity index (χ0n) is 8.96. The summed E-state index contributed by atoms with van der Waals surface area (Å²) < 4.78 is 4.79. The van der Waals surface area contributed by atoms with Gasteiger partial charge in [0.05, 0.1) is 25.4 Å². The molecule has 3 atom stereocenters. The van der Waals surface area contributed by atoms with Crippen molar-refractivity contribution in [2.75, 3.05) is 33.4 Å². The normalized spacial score (nSPS) is 17.4. The first-order valence-electron chi connectivity index (χ1n) is 4.96. The van der Waals surface area contributed by atoms with Gasteiger partial charge in [-0.2, -0.15) is 0 Å². The van der Waals surface area contributed by atoms with Crippen LogP contribution in [0.2, 0.25) is 0 Å². The van der Waals surface area contributed by atoms with E-state index in [1.165, 1.54) is 0 Å². The lowest BCUT2D eigenvalue weighted by Gasteiger charge is -2.19. The number of rotatable bonds is 9. The number of aliphatic hydroxyl groups is 4. The van der Waals surface area contributed by atoms with Crippen molar-refractivity contribution in [3.8, 4) is 0 Å². The molecule has 0 saturated heterocycles. The van der Waals surface area contributed by atoms with E-state index in [0.29, 0.717) is 19.7 Å². The zero-order valence-corrected chi connectivity index (χ0v) is 8.96. The van der Waals surface area contributed by atoms with Crippen LogP contribution in [-0.2, 0) is 4.74 Å². The molecule has 0 saturated carbocycles. The summed E-state index contributed by atoms with van der Waals surface area (Å²) in [6.07, 6.45) is -3.02. The second-order valence-corrected chi connectivity index (χ2v) is 3.40. The third-order valence-electron chi connectivity index (χ3n) is 2.01. The minimum absolute atomic E-state index is 0.0295. The molecule has 0 amide bonds. The quantitative estimate of drug-likeness (QED) is 0.281. The van der Waals surface area contributed by atoms with Crippen molar-refractivity contribution in [1.29, 1.82) is 0 Å². The van der Waals surface area contributed by atoms with Gasteiger partial charge >= 0.3 is 0 Å². The van der Waals surface area contributed by atoms with Crippen LogP contribution in [0, 0.1) is 0 Å². The van der Waals surface area contributed by atoms with Crippen LogP contribution >= 0.6 is 0 Å². The van der Waals surface area contributed by atoms with Gasteiger partial charge in [-0.15, -0.1) is 0 Å². The first-order chi connectivity index (χ1) is 7.11. The molecule has 0 unspecified atom stereocenters. The van der Waals surface area contributed by atoms with Crippen LogP contribution in [0.1, 0.15) is 6.42 Å². The molecule has 0 spiro atoms. The van der Waals surface area contributed by atoms with Gasteiger partial charge in [0.15, 0.2) is 0 Å². The lowest BCUT2D eigenvalue weighted by molar-refractivity contribution is -0.0360. The van der Waals surface area contributed by atoms with Crippen LogP contribution in [0.3, 0.4) is 0 Å². The fourth-order valence-electron chi connectivity index (χ4n) is 1.08. The van der Waals surface area contributed by atoms with Crippen LogP contribution < -0.4 is 5.32 Å². The monoisotopic (exact) mass is 223 g/mol. The highest BCUT2D eigenvalue weighted by Gasteiger charge is 2.18. The highest BCUT2D eigenvalue weighted by molar-refractivity contribution is 4.71. The van der Waals surface area contributed by atoms with E-state index in [0.717, 1.165) is 0 Å². The molecule has 6 heteroatoms. The summed E-state index contributed by atoms with van der Waals surface area (Å²) in [6.45, 7) is 0.976. The molecule has 0 aliphatic heterocycles. The number of nitrogens with one attached hydrogen (secondary N) is 1. The maximum Gasteiger partial charge on any atom is 0.103 e. The lowest BCUT2D eigenvalue weighted by atomic mass is 10.1. The third kappa shape index (κ3) is 7.66. The largest absolute Gasteiger partial charge is 0.394 e. The third-order valence-corrected chi connectivity index (χ3v) is 2.01. The second-order valence-electron chi connectivity index (χ2n) is 3.40. The summed E-state index contributed by atoms with van der Waals surface area (Å²) >= 11 is 0. The minimum atomic E-state index is -1.20. The average Bonchev–Trinajstić information content (AvgIpc) is 2.23. The predicted octanol–water partition coefficient (Wildman–Crippen LogP) is -2.31. The van der Waals surface area contributed by atoms with Gasteiger partial charge in [0, 0.05) is 26.6 Å². The van der Waals surface area contributed by atoms with Crippen molar-refractivity contribution < 1.29 is 25.2 Å². The van der Waals surface area contributed by atoms with Gasteiger partial charge < -0.3 is 30.5 Å². The Morgan fingerprint density at radius 3 is 2.40 bits per heavy atom. The Bertz CT molecular complexity index is 146. The van der Waals surface area contributed by atoms with Crippen molar-refractivity contribution in [1.82, 2.24) is 5.32 Å². The summed E-state index contributed by atoms with van der Waals surface area (Å²) in [5.41, 5.74) is 0. The van der Waals surface area contributed by atoms with Crippen molar-refractivity contribution >= 4 is 0 Å². The summed E-state index contributed by atoms with van der Waals surface area (Å²) in [5, 5.41) is 39.2. The van der Waals surface area contributed by atoms with Crippen molar-refractivity contribution in [2.45, 2.75) is 24.7 Å². The molecule has 5 N–H and O–H groups in total. The fraction of sp³-hybridized carbons (Fsp3) is 1.00. The maximum atomic E-state index is 9.41. The van der Waals surface area contributed by atoms with Gasteiger partial charge in [-0.25, -0.2) is 0 Å². The highest BCUT2D eigenvalue weighted by Crippen LogP contribution is 2.02. The summed E-state index contributed by atoms with van der Waals surface area (Å²) in [6, 6.07) is 0. The molecule has 0 aliphatic carbocycles. The highest BCUT2D eigenvalue weighted by atomic mass is 16.5. The van der Waals surface area contributed by atoms with Gasteiger partial charge in [0.25, 0.3) is 0 Å². The molecule has 0 aromatic carbocycles. The Morgan fingerprint density at radius 1 is 1.20 bits per heavy atom. The molecule has 0 aromatic rings. The Hall–Kier alpha value is -0.240. The van der Waals surface area contributed by atoms with Crippen molar-refractivity contribution in [3.63, 3.8) is 0 Å². The molecular formula is C9H21NO5. The van der Waals surface area contributed by atoms with Gasteiger partial charge in [0.2, 0.25) is 0 Å². The van der Waals surface area contributed by atoms with Gasteiger partial charge in [-0.3, -0.25) is 0 Å². The van der Waals surface area contributed by atoms with Crippen molar-refractivity contribution in [3.05, 3.63) is 0 Å². The van der Waals surface area contributed by atoms with E-state index in [1.54, 1.807) is 7.11 Å². The topological polar surface area (TPSA) is 102 Å². The van der Waals surface area contributed by atoms with Crippen LogP contribution in [-0.4, -0.2) is 72.2 Å². The molecular weight excluding hydrogens is 202 g/mol. The van der Waals surface area contributed by atoms with E-state index in [2.05, 4.69) is 5.32 Å². The standard InChI is InChI=1S/C9H21NO5/c1-15-3-2-10-5-7(12)4-8(13)9(14)6-11/h7-14H,2-6H2,1H3/t7-,8+,9-/m1/s1. The van der Waals surface area contributed by atoms with E-state index in [9.17, 15) is 10.2 Å². The molecule has 0 fully saturated rings. The van der Waals surface area contributed by atoms with Gasteiger partial charge in [-0.1, -0.05) is 0 Å². The first-order valence-corrected chi connectivity index (χ1v) is 4.96. The van der Waals surface area contributed by atoms with E-state index in [-0.39, 0.29) is 6.42 Å². The lowest BCUT2D eigenvalue weighted by Crippen LogP contribution is -2.37. The number of ether oxygens (including phenoxy) is 1. The van der Waals surface area contributed by atoms with Crippen molar-refractivity contribution in [2.24, 2.45) is 0 Å². The zero-order chi connectivity index (χ0) is 11.7. The molecule has 0 radical (unpaired) electrons. The molecule has 0 aliphatic rings. The predicted molar refractivity (Wildman–Crippen MR) is 54.5 cm³/mol. The van der Waals surface area contributed by atoms with Crippen LogP contribution in [0.4, 0.5) is 0 Å². The molecule has 0 aromatic heterocycles. The summed E-state index contributed by atoms with van der Waals surface area (Å²) in [4.78, 5) is 0. The Morgan fingerprint density at radius 2 is 1.87 bits per heavy atom. The minimum Gasteiger partial charge on any atom is -0.394 e. The van der Waals surface area contributed by atoms with E-state index >= 15 is 0 Å². The van der Waals surface area contributed by atoms with E-state index in [1.807, 2.05) is 0 Å². The molecule has 0 rings (SSSR count). The fourth-order valence-corrected chi connectivity index (χ4v) is 1.08. The molecule has 6 nitrogen and oxygen atoms in total. The van der Waals surface area contributed by atoms with E-state index < -0.39 is 24.9 Å². The van der Waals surface area contributed by atoms with Crippen LogP contribution in [0.5, 0.6) is 0 Å². The molecule has 0 bridgehead atoms. The van der Waals surface area contributed by atoms with Crippen LogP contribution in [0.15, 0.2) is 0 Å². The van der Waals surface area contributed by atoms with Crippen LogP contribution in [0.25, 0.3) is 0 Å². The summed E-state index contributed by atoms with van der Waals surface area (Å²) in [5.74, 6) is 0. The van der Waals surface area contributed by atoms with Gasteiger partial charge in [-0.05, 0) is 0 Å². The average molecular weight is 223 g/mol. The molecule has 15 heavy (non-hydrogen) atoms. The smallest absolute Gasteiger partial charge is 0.103 e. The number of aliphatic hydroxyl groups excluding tert-OH is 4. The second kappa shape index (κ2) is 9.02. The maximum absolute atomic E-state index is 9.41. The SMILES string of the molecule is COCCNC[C@H](O)C[C@H](O)[C@H](O)CO. The Balaban J connectivity index is 3.50. The first kappa shape index (κ1) is 14.8. The summed E-state index contributed by atoms with van der Waals surface area (Å²) in [7, 11) is 1.58.